The number of rotatable bonds is 10. The Balaban J connectivity index is 0.00000372. The monoisotopic (exact) mass is 934 g/mol. The third-order valence-electron chi connectivity index (χ3n) is 7.83. The van der Waals surface area contributed by atoms with Gasteiger partial charge in [-0.3, -0.25) is 28.4 Å². The number of nitrogens with one attached hydrogen (secondary N) is 3. The van der Waals surface area contributed by atoms with Gasteiger partial charge in [-0.25, -0.2) is 0 Å². The summed E-state index contributed by atoms with van der Waals surface area (Å²) in [5, 5.41) is 18.3. The number of Topliss-reactive ketones (excluding diaryl/α,β-unsaturated/α-hetero) is 1. The number of halogens is 1. The molecule has 0 amide bonds. The first-order chi connectivity index (χ1) is 25.9. The van der Waals surface area contributed by atoms with Gasteiger partial charge < -0.3 is 15.7 Å². The minimum atomic E-state index is -5.45. The number of fused-ring (bicyclic) bond motifs is 2. The molecule has 1 radical (unpaired) electrons. The number of phenols is 1. The van der Waals surface area contributed by atoms with E-state index in [0.717, 1.165) is 29.8 Å². The first kappa shape index (κ1) is 43.0. The quantitative estimate of drug-likeness (QED) is 0.0419. The number of aromatic nitrogens is 3. The van der Waals surface area contributed by atoms with Crippen molar-refractivity contribution in [2.24, 2.45) is 5.10 Å². The molecular formula is C30H26ClCuN7O14S4+4. The average molecular weight is 936 g/mol. The number of carbonyl (C=O) groups excluding carboxylic acids is 1. The molecule has 0 fully saturated rings. The third kappa shape index (κ3) is 8.90. The standard InChI is InChI=1S/C30H22ClN7O14S4.Cu/c1-13-5-2-3-7-17(13)32-29-34-28(31)35-30(36-29)33-18-11-15(53(41,42)43)9-14-10-22(56(50,51)52)25(27(40)23(14)18)38-37-19-12-21(55(47,48)49)16-6-4-8-20(54(44,45)46)24(16)26(19)39;/h2-12,37,39H,1H3,(H,41,42,43)(H,44,45,46)(H,47,48,49)(H,50,51,52)(H2,32,33,34,35,36);/p+4. The van der Waals surface area contributed by atoms with Crippen molar-refractivity contribution in [2.45, 2.75) is 21.6 Å². The van der Waals surface area contributed by atoms with E-state index in [2.05, 4.69) is 30.7 Å². The second kappa shape index (κ2) is 15.3. The van der Waals surface area contributed by atoms with Gasteiger partial charge in [0.1, 0.15) is 20.4 Å². The van der Waals surface area contributed by atoms with E-state index < -0.39 is 122 Å². The fraction of sp³-hybridized carbons (Fsp3) is 0.0333. The number of para-hydroxylation sites is 1. The zero-order valence-electron chi connectivity index (χ0n) is 31.9. The Labute approximate surface area is 343 Å². The van der Waals surface area contributed by atoms with E-state index in [0.29, 0.717) is 23.9 Å². The molecule has 0 saturated carbocycles. The molecule has 1 aliphatic rings. The second-order valence-corrected chi connectivity index (χ2v) is 17.4. The molecule has 5 aromatic rings. The molecule has 1 aromatic heterocycles. The van der Waals surface area contributed by atoms with Gasteiger partial charge in [-0.05, 0) is 66.1 Å². The number of aromatic hydroxyl groups is 1. The van der Waals surface area contributed by atoms with Crippen LogP contribution in [0.25, 0.3) is 16.8 Å². The summed E-state index contributed by atoms with van der Waals surface area (Å²) in [5.41, 5.74) is -0.356. The number of hydrogen-bond donors (Lipinski definition) is 8. The Bertz CT molecular complexity index is 3100. The van der Waals surface area contributed by atoms with E-state index in [1.54, 1.807) is 31.2 Å². The van der Waals surface area contributed by atoms with E-state index in [-0.39, 0.29) is 28.7 Å². The van der Waals surface area contributed by atoms with E-state index >= 15 is 0 Å². The number of aryl methyl sites for hydroxylation is 1. The van der Waals surface area contributed by atoms with Crippen molar-refractivity contribution in [1.82, 2.24) is 15.0 Å². The molecule has 1 aliphatic carbocycles. The molecule has 57 heavy (non-hydrogen) atoms. The van der Waals surface area contributed by atoms with Crippen LogP contribution in [0.1, 0.15) is 27.2 Å². The Morgan fingerprint density at radius 1 is 0.719 bits per heavy atom. The second-order valence-electron chi connectivity index (χ2n) is 11.5. The van der Waals surface area contributed by atoms with Crippen LogP contribution in [0.2, 0.25) is 5.28 Å². The molecule has 6 rings (SSSR count). The minimum Gasteiger partial charge on any atom is -0.505 e. The minimum absolute atomic E-state index is 0. The molecular weight excluding hydrogens is 910 g/mol. The SMILES string of the molecule is Cc1ccccc1Nc1nc(Cl)nc(Nc2cc(S(=O)(=O)O)cc3c2C(=O)C(=NNc2cc(S(=O)(=O)O)c4cccc(S(=O)(=O)O)c4c2O)C(S(=O)(=O)O)=C3)n1.[Cu].[H+].[H+].[H+].[H+]. The van der Waals surface area contributed by atoms with Crippen molar-refractivity contribution in [2.75, 3.05) is 16.1 Å². The number of nitrogens with zero attached hydrogens (tertiary/aromatic N) is 4. The zero-order chi connectivity index (χ0) is 41.1. The molecule has 0 bridgehead atoms. The van der Waals surface area contributed by atoms with Crippen molar-refractivity contribution < 1.29 is 84.6 Å². The van der Waals surface area contributed by atoms with Crippen molar-refractivity contribution >= 4 is 109 Å². The topological polar surface area (TPSA) is 342 Å². The zero-order valence-corrected chi connectivity index (χ0v) is 32.8. The first-order valence-corrected chi connectivity index (χ1v) is 21.1. The summed E-state index contributed by atoms with van der Waals surface area (Å²) in [6, 6.07) is 11.6. The Morgan fingerprint density at radius 3 is 1.91 bits per heavy atom. The van der Waals surface area contributed by atoms with Crippen LogP contribution in [0, 0.1) is 6.92 Å². The number of allylic oxidation sites excluding steroid dienone is 1. The third-order valence-corrected chi connectivity index (χ3v) is 11.5. The van der Waals surface area contributed by atoms with Crippen LogP contribution in [0.3, 0.4) is 0 Å². The maximum absolute atomic E-state index is 14.1. The van der Waals surface area contributed by atoms with Gasteiger partial charge in [0.15, 0.2) is 5.71 Å². The molecule has 21 nitrogen and oxygen atoms in total. The molecule has 0 unspecified atom stereocenters. The number of carbonyl (C=O) groups is 1. The molecule has 303 valence electrons. The largest absolute Gasteiger partial charge is 1.00 e. The van der Waals surface area contributed by atoms with Gasteiger partial charge in [0.05, 0.1) is 21.8 Å². The Kier molecular flexibility index (Phi) is 11.6. The fourth-order valence-electron chi connectivity index (χ4n) is 5.43. The van der Waals surface area contributed by atoms with Crippen molar-refractivity contribution in [3.8, 4) is 5.75 Å². The van der Waals surface area contributed by atoms with Crippen LogP contribution in [-0.2, 0) is 57.5 Å². The van der Waals surface area contributed by atoms with Gasteiger partial charge in [-0.1, -0.05) is 30.3 Å². The van der Waals surface area contributed by atoms with Gasteiger partial charge in [0.2, 0.25) is 23.0 Å². The summed E-state index contributed by atoms with van der Waals surface area (Å²) in [5.74, 6) is -3.09. The molecule has 8 N–H and O–H groups in total. The molecule has 27 heteroatoms. The van der Waals surface area contributed by atoms with Crippen LogP contribution in [0.5, 0.6) is 5.75 Å². The van der Waals surface area contributed by atoms with Crippen LogP contribution in [-0.4, -0.2) is 83.4 Å². The molecule has 1 heterocycles. The molecule has 0 atom stereocenters. The van der Waals surface area contributed by atoms with Crippen molar-refractivity contribution in [3.05, 3.63) is 87.5 Å². The molecule has 0 saturated heterocycles. The van der Waals surface area contributed by atoms with Gasteiger partial charge in [0, 0.05) is 33.5 Å². The van der Waals surface area contributed by atoms with E-state index in [1.165, 1.54) is 0 Å². The summed E-state index contributed by atoms with van der Waals surface area (Å²) in [6.45, 7) is 1.77. The Morgan fingerprint density at radius 2 is 1.33 bits per heavy atom. The molecule has 0 aliphatic heterocycles. The summed E-state index contributed by atoms with van der Waals surface area (Å²) in [7, 11) is -20.9. The Hall–Kier alpha value is -5.12. The van der Waals surface area contributed by atoms with E-state index in [4.69, 9.17) is 11.6 Å². The van der Waals surface area contributed by atoms with E-state index in [1.807, 2.05) is 5.43 Å². The fourth-order valence-corrected chi connectivity index (χ4v) is 8.22. The summed E-state index contributed by atoms with van der Waals surface area (Å²) < 4.78 is 138. The van der Waals surface area contributed by atoms with Crippen molar-refractivity contribution in [3.63, 3.8) is 0 Å². The number of phenolic OH excluding ortho intramolecular Hbond substituents is 1. The first-order valence-electron chi connectivity index (χ1n) is 14.9. The predicted molar refractivity (Wildman–Crippen MR) is 203 cm³/mol. The maximum atomic E-state index is 14.1. The van der Waals surface area contributed by atoms with Gasteiger partial charge in [-0.2, -0.15) is 53.7 Å². The van der Waals surface area contributed by atoms with Crippen LogP contribution >= 0.6 is 11.6 Å². The number of anilines is 5. The van der Waals surface area contributed by atoms with Gasteiger partial charge in [0.25, 0.3) is 40.5 Å². The van der Waals surface area contributed by atoms with Crippen LogP contribution in [0.15, 0.2) is 85.4 Å². The number of benzene rings is 4. The number of hydrogen-bond acceptors (Lipinski definition) is 17. The molecule has 0 spiro atoms. The van der Waals surface area contributed by atoms with E-state index in [9.17, 15) is 61.8 Å². The number of ketones is 1. The van der Waals surface area contributed by atoms with Crippen LogP contribution in [0.4, 0.5) is 29.0 Å². The summed E-state index contributed by atoms with van der Waals surface area (Å²) >= 11 is 6.12. The predicted octanol–water partition coefficient (Wildman–Crippen LogP) is 4.26. The summed E-state index contributed by atoms with van der Waals surface area (Å²) in [6.07, 6.45) is 0.582. The maximum Gasteiger partial charge on any atom is 1.00 e. The number of hydrazone groups is 1. The van der Waals surface area contributed by atoms with Gasteiger partial charge in [-0.15, -0.1) is 0 Å². The van der Waals surface area contributed by atoms with Crippen LogP contribution < -0.4 is 16.1 Å². The summed E-state index contributed by atoms with van der Waals surface area (Å²) in [4.78, 5) is 22.0. The smallest absolute Gasteiger partial charge is 0.505 e. The normalized spacial score (nSPS) is 14.1. The average Bonchev–Trinajstić information content (AvgIpc) is 3.07. The molecule has 4 aromatic carbocycles. The van der Waals surface area contributed by atoms with Crippen molar-refractivity contribution in [1.29, 1.82) is 0 Å². The van der Waals surface area contributed by atoms with Gasteiger partial charge >= 0.3 is 5.71 Å².